The molecule has 0 saturated heterocycles. The Morgan fingerprint density at radius 1 is 1.11 bits per heavy atom. The Hall–Kier alpha value is -2.88. The second kappa shape index (κ2) is 9.17. The van der Waals surface area contributed by atoms with E-state index in [4.69, 9.17) is 0 Å². The van der Waals surface area contributed by atoms with Gasteiger partial charge in [0.15, 0.2) is 5.12 Å². The average molecular weight is 394 g/mol. The summed E-state index contributed by atoms with van der Waals surface area (Å²) in [4.78, 5) is 41.6. The van der Waals surface area contributed by atoms with Gasteiger partial charge in [0.1, 0.15) is 12.7 Å². The zero-order valence-corrected chi connectivity index (χ0v) is 15.5. The van der Waals surface area contributed by atoms with Crippen LogP contribution in [0.2, 0.25) is 0 Å². The molecule has 0 aliphatic rings. The standard InChI is InChI=1S/C17H18N2O7S/c1-11-3-4-15-8-13(5-6-14(15)7-11)12(2)17(20)27-10-16(26-19(23)24)9-25-18(21)22/h3-8,12,16H,9-10H2,1-2H3. The number of fused-ring (bicyclic) bond motifs is 1. The number of benzene rings is 2. The van der Waals surface area contributed by atoms with Crippen molar-refractivity contribution < 1.29 is 24.6 Å². The minimum Gasteiger partial charge on any atom is -0.312 e. The number of carbonyl (C=O) groups is 1. The van der Waals surface area contributed by atoms with E-state index in [0.717, 1.165) is 33.7 Å². The van der Waals surface area contributed by atoms with Crippen LogP contribution in [-0.4, -0.2) is 33.8 Å². The minimum atomic E-state index is -1.22. The van der Waals surface area contributed by atoms with Gasteiger partial charge in [-0.3, -0.25) is 4.79 Å². The molecule has 0 saturated carbocycles. The molecule has 0 spiro atoms. The molecule has 0 amide bonds. The highest BCUT2D eigenvalue weighted by Gasteiger charge is 2.21. The maximum atomic E-state index is 12.4. The predicted octanol–water partition coefficient (Wildman–Crippen LogP) is 3.30. The lowest BCUT2D eigenvalue weighted by Gasteiger charge is -2.15. The summed E-state index contributed by atoms with van der Waals surface area (Å²) in [6, 6.07) is 11.8. The number of aryl methyl sites for hydroxylation is 1. The second-order valence-electron chi connectivity index (χ2n) is 5.93. The molecule has 0 aliphatic heterocycles. The summed E-state index contributed by atoms with van der Waals surface area (Å²) in [6.45, 7) is 3.11. The molecule has 2 unspecified atom stereocenters. The first-order valence-electron chi connectivity index (χ1n) is 8.01. The highest BCUT2D eigenvalue weighted by atomic mass is 32.2. The molecule has 2 aromatic rings. The van der Waals surface area contributed by atoms with Crippen LogP contribution in [0.5, 0.6) is 0 Å². The van der Waals surface area contributed by atoms with Crippen molar-refractivity contribution in [2.75, 3.05) is 12.4 Å². The van der Waals surface area contributed by atoms with Gasteiger partial charge in [0.05, 0.1) is 5.92 Å². The van der Waals surface area contributed by atoms with Crippen LogP contribution in [0.3, 0.4) is 0 Å². The fourth-order valence-corrected chi connectivity index (χ4v) is 3.36. The Labute approximate surface area is 158 Å². The van der Waals surface area contributed by atoms with Crippen LogP contribution in [-0.2, 0) is 14.5 Å². The Morgan fingerprint density at radius 2 is 1.78 bits per heavy atom. The van der Waals surface area contributed by atoms with Gasteiger partial charge in [-0.25, -0.2) is 0 Å². The van der Waals surface area contributed by atoms with Crippen LogP contribution in [0.1, 0.15) is 24.0 Å². The molecule has 0 aromatic heterocycles. The molecule has 10 heteroatoms. The van der Waals surface area contributed by atoms with Crippen molar-refractivity contribution in [3.8, 4) is 0 Å². The molecule has 2 rings (SSSR count). The van der Waals surface area contributed by atoms with Gasteiger partial charge in [-0.05, 0) is 23.3 Å². The first-order valence-corrected chi connectivity index (χ1v) is 9.00. The average Bonchev–Trinajstić information content (AvgIpc) is 2.62. The molecule has 0 aliphatic carbocycles. The van der Waals surface area contributed by atoms with E-state index < -0.39 is 28.8 Å². The van der Waals surface area contributed by atoms with Crippen molar-refractivity contribution in [2.45, 2.75) is 25.9 Å². The van der Waals surface area contributed by atoms with E-state index in [1.54, 1.807) is 6.92 Å². The number of carbonyl (C=O) groups excluding carboxylic acids is 1. The third-order valence-corrected chi connectivity index (χ3v) is 5.06. The molecule has 9 nitrogen and oxygen atoms in total. The molecular weight excluding hydrogens is 376 g/mol. The van der Waals surface area contributed by atoms with Crippen molar-refractivity contribution in [2.24, 2.45) is 0 Å². The van der Waals surface area contributed by atoms with Gasteiger partial charge in [0, 0.05) is 5.75 Å². The van der Waals surface area contributed by atoms with Gasteiger partial charge in [-0.15, -0.1) is 20.2 Å². The molecule has 27 heavy (non-hydrogen) atoms. The maximum Gasteiger partial charge on any atom is 0.294 e. The monoisotopic (exact) mass is 394 g/mol. The van der Waals surface area contributed by atoms with Crippen LogP contribution in [0, 0.1) is 27.2 Å². The van der Waals surface area contributed by atoms with Gasteiger partial charge in [0.25, 0.3) is 10.2 Å². The fraction of sp³-hybridized carbons (Fsp3) is 0.353. The molecule has 0 bridgehead atoms. The normalized spacial score (nSPS) is 13.0. The fourth-order valence-electron chi connectivity index (χ4n) is 2.46. The third kappa shape index (κ3) is 6.10. The quantitative estimate of drug-likeness (QED) is 0.469. The number of rotatable bonds is 9. The molecule has 2 atom stereocenters. The third-order valence-electron chi connectivity index (χ3n) is 3.89. The first-order chi connectivity index (χ1) is 12.8. The van der Waals surface area contributed by atoms with Crippen LogP contribution in [0.15, 0.2) is 36.4 Å². The van der Waals surface area contributed by atoms with Crippen LogP contribution >= 0.6 is 11.8 Å². The van der Waals surface area contributed by atoms with E-state index in [0.29, 0.717) is 0 Å². The highest BCUT2D eigenvalue weighted by Crippen LogP contribution is 2.27. The minimum absolute atomic E-state index is 0.134. The van der Waals surface area contributed by atoms with Crippen molar-refractivity contribution in [3.05, 3.63) is 67.8 Å². The van der Waals surface area contributed by atoms with Crippen molar-refractivity contribution in [1.82, 2.24) is 0 Å². The Balaban J connectivity index is 2.01. The lowest BCUT2D eigenvalue weighted by atomic mass is 9.98. The smallest absolute Gasteiger partial charge is 0.294 e. The van der Waals surface area contributed by atoms with E-state index in [-0.39, 0.29) is 10.9 Å². The number of hydrogen-bond donors (Lipinski definition) is 0. The molecule has 0 N–H and O–H groups in total. The summed E-state index contributed by atoms with van der Waals surface area (Å²) in [5, 5.41) is 20.4. The molecule has 144 valence electrons. The van der Waals surface area contributed by atoms with Gasteiger partial charge >= 0.3 is 0 Å². The number of hydrogen-bond acceptors (Lipinski definition) is 8. The van der Waals surface area contributed by atoms with Crippen LogP contribution < -0.4 is 0 Å². The summed E-state index contributed by atoms with van der Waals surface area (Å²) < 4.78 is 0. The molecular formula is C17H18N2O7S. The molecule has 2 aromatic carbocycles. The molecule has 0 heterocycles. The van der Waals surface area contributed by atoms with E-state index in [9.17, 15) is 25.0 Å². The second-order valence-corrected chi connectivity index (χ2v) is 6.96. The Bertz CT molecular complexity index is 858. The summed E-state index contributed by atoms with van der Waals surface area (Å²) >= 11 is 0.818. The Kier molecular flexibility index (Phi) is 6.94. The van der Waals surface area contributed by atoms with Crippen molar-refractivity contribution in [1.29, 1.82) is 0 Å². The summed E-state index contributed by atoms with van der Waals surface area (Å²) in [5.41, 5.74) is 1.96. The maximum absolute atomic E-state index is 12.4. The molecule has 0 radical (unpaired) electrons. The Morgan fingerprint density at radius 3 is 2.44 bits per heavy atom. The topological polar surface area (TPSA) is 122 Å². The molecule has 0 fully saturated rings. The number of thioether (sulfide) groups is 1. The van der Waals surface area contributed by atoms with Gasteiger partial charge < -0.3 is 9.68 Å². The SMILES string of the molecule is Cc1ccc2cc(C(C)C(=O)SCC(CO[N+](=O)[O-])O[N+](=O)[O-])ccc2c1. The zero-order valence-electron chi connectivity index (χ0n) is 14.7. The lowest BCUT2D eigenvalue weighted by Crippen LogP contribution is -2.27. The van der Waals surface area contributed by atoms with Gasteiger partial charge in [0.2, 0.25) is 0 Å². The van der Waals surface area contributed by atoms with Crippen LogP contribution in [0.25, 0.3) is 10.8 Å². The zero-order chi connectivity index (χ0) is 20.0. The predicted molar refractivity (Wildman–Crippen MR) is 99.4 cm³/mol. The van der Waals surface area contributed by atoms with Crippen LogP contribution in [0.4, 0.5) is 0 Å². The summed E-state index contributed by atoms with van der Waals surface area (Å²) in [7, 11) is 0. The van der Waals surface area contributed by atoms with E-state index in [2.05, 4.69) is 15.7 Å². The largest absolute Gasteiger partial charge is 0.312 e. The van der Waals surface area contributed by atoms with Gasteiger partial charge in [-0.1, -0.05) is 60.6 Å². The van der Waals surface area contributed by atoms with Crippen molar-refractivity contribution in [3.63, 3.8) is 0 Å². The lowest BCUT2D eigenvalue weighted by molar-refractivity contribution is -0.788. The van der Waals surface area contributed by atoms with E-state index in [1.165, 1.54) is 0 Å². The van der Waals surface area contributed by atoms with Gasteiger partial charge in [-0.2, -0.15) is 0 Å². The number of nitrogens with zero attached hydrogens (tertiary/aromatic N) is 2. The highest BCUT2D eigenvalue weighted by molar-refractivity contribution is 8.13. The van der Waals surface area contributed by atoms with E-state index in [1.807, 2.05) is 37.3 Å². The summed E-state index contributed by atoms with van der Waals surface area (Å²) in [6.07, 6.45) is -1.22. The van der Waals surface area contributed by atoms with E-state index >= 15 is 0 Å². The summed E-state index contributed by atoms with van der Waals surface area (Å²) in [5.74, 6) is -0.585. The first kappa shape index (κ1) is 20.4. The van der Waals surface area contributed by atoms with Crippen molar-refractivity contribution >= 4 is 27.6 Å².